The van der Waals surface area contributed by atoms with Crippen molar-refractivity contribution in [2.45, 2.75) is 6.92 Å². The van der Waals surface area contributed by atoms with Crippen LogP contribution >= 0.6 is 0 Å². The molecule has 0 bridgehead atoms. The molecule has 1 rings (SSSR count). The maximum Gasteiger partial charge on any atom is 0.0592 e. The molecular formula is C10H15N3. The van der Waals surface area contributed by atoms with Crippen molar-refractivity contribution in [1.82, 2.24) is 0 Å². The van der Waals surface area contributed by atoms with E-state index in [1.54, 1.807) is 0 Å². The van der Waals surface area contributed by atoms with E-state index < -0.39 is 0 Å². The number of nitrogens with zero attached hydrogens (tertiary/aromatic N) is 2. The first-order valence-electron chi connectivity index (χ1n) is 4.15. The Balaban J connectivity index is 2.98. The summed E-state index contributed by atoms with van der Waals surface area (Å²) in [6, 6.07) is 6.15. The summed E-state index contributed by atoms with van der Waals surface area (Å²) in [6.07, 6.45) is 0. The average molecular weight is 177 g/mol. The molecule has 0 fully saturated rings. The quantitative estimate of drug-likeness (QED) is 0.565. The largest absolute Gasteiger partial charge is 0.378 e. The Labute approximate surface area is 79.1 Å². The highest BCUT2D eigenvalue weighted by atomic mass is 15.3. The first-order valence-corrected chi connectivity index (χ1v) is 4.15. The van der Waals surface area contributed by atoms with Crippen LogP contribution in [0, 0.1) is 6.92 Å². The van der Waals surface area contributed by atoms with E-state index in [1.165, 1.54) is 11.3 Å². The van der Waals surface area contributed by atoms with Crippen molar-refractivity contribution in [3.63, 3.8) is 0 Å². The van der Waals surface area contributed by atoms with Gasteiger partial charge in [0, 0.05) is 26.5 Å². The fourth-order valence-electron chi connectivity index (χ4n) is 1.14. The van der Waals surface area contributed by atoms with E-state index in [4.69, 9.17) is 0 Å². The highest BCUT2D eigenvalue weighted by Crippen LogP contribution is 2.20. The molecule has 0 aliphatic heterocycles. The predicted molar refractivity (Wildman–Crippen MR) is 58.7 cm³/mol. The number of hydrazone groups is 1. The minimum absolute atomic E-state index is 1.00. The molecule has 3 nitrogen and oxygen atoms in total. The molecule has 0 atom stereocenters. The van der Waals surface area contributed by atoms with Gasteiger partial charge in [-0.3, -0.25) is 5.43 Å². The first kappa shape index (κ1) is 9.58. The maximum absolute atomic E-state index is 3.63. The Hall–Kier alpha value is -1.51. The van der Waals surface area contributed by atoms with Gasteiger partial charge in [-0.15, -0.1) is 0 Å². The van der Waals surface area contributed by atoms with Crippen molar-refractivity contribution in [2.24, 2.45) is 5.10 Å². The van der Waals surface area contributed by atoms with Crippen LogP contribution in [0.3, 0.4) is 0 Å². The van der Waals surface area contributed by atoms with E-state index in [1.807, 2.05) is 33.2 Å². The summed E-state index contributed by atoms with van der Waals surface area (Å²) in [6.45, 7) is 5.43. The zero-order chi connectivity index (χ0) is 9.84. The molecule has 0 heterocycles. The smallest absolute Gasteiger partial charge is 0.0592 e. The van der Waals surface area contributed by atoms with Gasteiger partial charge >= 0.3 is 0 Å². The highest BCUT2D eigenvalue weighted by Gasteiger charge is 1.99. The number of hydrogen-bond donors (Lipinski definition) is 1. The third-order valence-electron chi connectivity index (χ3n) is 1.93. The van der Waals surface area contributed by atoms with Crippen LogP contribution in [-0.4, -0.2) is 20.8 Å². The van der Waals surface area contributed by atoms with E-state index in [2.05, 4.69) is 28.2 Å². The normalized spacial score (nSPS) is 9.46. The lowest BCUT2D eigenvalue weighted by atomic mass is 10.2. The molecule has 0 spiro atoms. The zero-order valence-corrected chi connectivity index (χ0v) is 8.33. The molecule has 0 saturated carbocycles. The van der Waals surface area contributed by atoms with Gasteiger partial charge in [-0.25, -0.2) is 0 Å². The van der Waals surface area contributed by atoms with Crippen molar-refractivity contribution < 1.29 is 0 Å². The summed E-state index contributed by atoms with van der Waals surface area (Å²) in [5.74, 6) is 0. The number of benzene rings is 1. The van der Waals surface area contributed by atoms with Gasteiger partial charge in [0.25, 0.3) is 0 Å². The molecule has 0 aliphatic carbocycles. The number of hydrogen-bond acceptors (Lipinski definition) is 3. The van der Waals surface area contributed by atoms with E-state index in [0.29, 0.717) is 0 Å². The van der Waals surface area contributed by atoms with Gasteiger partial charge in [-0.05, 0) is 30.7 Å². The number of anilines is 2. The van der Waals surface area contributed by atoms with Gasteiger partial charge in [-0.1, -0.05) is 0 Å². The molecule has 0 aliphatic rings. The van der Waals surface area contributed by atoms with E-state index in [-0.39, 0.29) is 0 Å². The maximum atomic E-state index is 3.63. The highest BCUT2D eigenvalue weighted by molar-refractivity contribution is 5.59. The van der Waals surface area contributed by atoms with Gasteiger partial charge in [0.15, 0.2) is 0 Å². The lowest BCUT2D eigenvalue weighted by Crippen LogP contribution is -2.08. The molecular weight excluding hydrogens is 162 g/mol. The van der Waals surface area contributed by atoms with Crippen LogP contribution in [0.5, 0.6) is 0 Å². The minimum atomic E-state index is 1.00. The van der Waals surface area contributed by atoms with E-state index >= 15 is 0 Å². The molecule has 1 aromatic carbocycles. The molecule has 0 amide bonds. The molecule has 70 valence electrons. The van der Waals surface area contributed by atoms with Crippen molar-refractivity contribution in [1.29, 1.82) is 0 Å². The van der Waals surface area contributed by atoms with Crippen LogP contribution in [0.1, 0.15) is 5.56 Å². The number of aryl methyl sites for hydroxylation is 1. The van der Waals surface area contributed by atoms with Crippen molar-refractivity contribution in [2.75, 3.05) is 24.4 Å². The van der Waals surface area contributed by atoms with Gasteiger partial charge < -0.3 is 4.90 Å². The predicted octanol–water partition coefficient (Wildman–Crippen LogP) is 2.09. The molecule has 1 N–H and O–H groups in total. The summed E-state index contributed by atoms with van der Waals surface area (Å²) < 4.78 is 0. The SMILES string of the molecule is C=NNc1ccc(N(C)C)cc1C. The van der Waals surface area contributed by atoms with Gasteiger partial charge in [0.05, 0.1) is 5.69 Å². The monoisotopic (exact) mass is 177 g/mol. The molecule has 0 saturated heterocycles. The van der Waals surface area contributed by atoms with Crippen LogP contribution in [0.25, 0.3) is 0 Å². The van der Waals surface area contributed by atoms with Crippen LogP contribution in [0.4, 0.5) is 11.4 Å². The van der Waals surface area contributed by atoms with Gasteiger partial charge in [0.2, 0.25) is 0 Å². The average Bonchev–Trinajstić information content (AvgIpc) is 2.08. The van der Waals surface area contributed by atoms with Crippen molar-refractivity contribution in [3.05, 3.63) is 23.8 Å². The molecule has 0 radical (unpaired) electrons. The summed E-state index contributed by atoms with van der Waals surface area (Å²) in [4.78, 5) is 2.07. The van der Waals surface area contributed by atoms with E-state index in [0.717, 1.165) is 5.69 Å². The van der Waals surface area contributed by atoms with Gasteiger partial charge in [0.1, 0.15) is 0 Å². The van der Waals surface area contributed by atoms with Crippen LogP contribution in [0.15, 0.2) is 23.3 Å². The van der Waals surface area contributed by atoms with Crippen LogP contribution in [-0.2, 0) is 0 Å². The Morgan fingerprint density at radius 2 is 2.08 bits per heavy atom. The second kappa shape index (κ2) is 3.94. The van der Waals surface area contributed by atoms with Crippen molar-refractivity contribution in [3.8, 4) is 0 Å². The van der Waals surface area contributed by atoms with Crippen molar-refractivity contribution >= 4 is 18.1 Å². The lowest BCUT2D eigenvalue weighted by Gasteiger charge is -2.14. The minimum Gasteiger partial charge on any atom is -0.378 e. The lowest BCUT2D eigenvalue weighted by molar-refractivity contribution is 1.13. The third kappa shape index (κ3) is 2.21. The zero-order valence-electron chi connectivity index (χ0n) is 8.33. The summed E-state index contributed by atoms with van der Waals surface area (Å²) in [7, 11) is 4.04. The fourth-order valence-corrected chi connectivity index (χ4v) is 1.14. The molecule has 3 heteroatoms. The third-order valence-corrected chi connectivity index (χ3v) is 1.93. The summed E-state index contributed by atoms with van der Waals surface area (Å²) in [5.41, 5.74) is 6.19. The standard InChI is InChI=1S/C10H15N3/c1-8-7-9(13(3)4)5-6-10(8)12-11-2/h5-7,12H,2H2,1,3-4H3. The number of rotatable bonds is 3. The fraction of sp³-hybridized carbons (Fsp3) is 0.300. The Morgan fingerprint density at radius 3 is 2.54 bits per heavy atom. The number of nitrogens with one attached hydrogen (secondary N) is 1. The first-order chi connectivity index (χ1) is 6.15. The second-order valence-corrected chi connectivity index (χ2v) is 3.16. The van der Waals surface area contributed by atoms with Crippen LogP contribution < -0.4 is 10.3 Å². The Kier molecular flexibility index (Phi) is 2.90. The second-order valence-electron chi connectivity index (χ2n) is 3.16. The van der Waals surface area contributed by atoms with Gasteiger partial charge in [-0.2, -0.15) is 5.10 Å². The Bertz CT molecular complexity index is 305. The summed E-state index contributed by atoms with van der Waals surface area (Å²) in [5, 5.41) is 3.63. The molecule has 0 unspecified atom stereocenters. The Morgan fingerprint density at radius 1 is 1.38 bits per heavy atom. The summed E-state index contributed by atoms with van der Waals surface area (Å²) >= 11 is 0. The van der Waals surface area contributed by atoms with Crippen LogP contribution in [0.2, 0.25) is 0 Å². The topological polar surface area (TPSA) is 27.6 Å². The van der Waals surface area contributed by atoms with E-state index in [9.17, 15) is 0 Å². The molecule has 1 aromatic rings. The molecule has 0 aromatic heterocycles. The molecule has 13 heavy (non-hydrogen) atoms.